The lowest BCUT2D eigenvalue weighted by Gasteiger charge is -2.38. The van der Waals surface area contributed by atoms with Gasteiger partial charge in [-0.25, -0.2) is 0 Å². The molecule has 1 N–H and O–H groups in total. The van der Waals surface area contributed by atoms with E-state index in [9.17, 15) is 26.3 Å². The minimum atomic E-state index is -4.33. The predicted molar refractivity (Wildman–Crippen MR) is 139 cm³/mol. The molecule has 0 saturated carbocycles. The molecule has 2 fully saturated rings. The van der Waals surface area contributed by atoms with E-state index in [2.05, 4.69) is 25.0 Å². The van der Waals surface area contributed by atoms with E-state index >= 15 is 0 Å². The van der Waals surface area contributed by atoms with E-state index in [-0.39, 0.29) is 23.1 Å². The van der Waals surface area contributed by atoms with E-state index in [0.29, 0.717) is 12.5 Å². The van der Waals surface area contributed by atoms with Gasteiger partial charge in [-0.15, -0.1) is 0 Å². The van der Waals surface area contributed by atoms with Gasteiger partial charge in [0.05, 0.1) is 0 Å². The number of rotatable bonds is 9. The van der Waals surface area contributed by atoms with Crippen molar-refractivity contribution in [3.63, 3.8) is 0 Å². The molecule has 2 saturated heterocycles. The van der Waals surface area contributed by atoms with E-state index in [1.54, 1.807) is 12.1 Å². The Hall–Kier alpha value is -1.92. The highest BCUT2D eigenvalue weighted by molar-refractivity contribution is 8.00. The third kappa shape index (κ3) is 9.08. The molecule has 4 rings (SSSR count). The quantitative estimate of drug-likeness (QED) is 0.220. The number of likely N-dealkylation sites (tertiary alicyclic amines) is 1. The van der Waals surface area contributed by atoms with E-state index in [1.807, 2.05) is 0 Å². The molecule has 0 aliphatic carbocycles. The van der Waals surface area contributed by atoms with Crippen molar-refractivity contribution in [2.75, 3.05) is 57.7 Å². The standard InChI is InChI=1S/C26H35F6N5S/c27-25(28,29)24-8-5-22(19-33-24)37-17-15-36(16-18-37)12-2-1-11-35-13-9-21(10-14-35)34-20-3-6-23(7-4-20)38-26(30,31)32/h3-4,6-7,19,21,34H,1-2,5,8-18H2. The summed E-state index contributed by atoms with van der Waals surface area (Å²) in [4.78, 5) is 10.9. The summed E-state index contributed by atoms with van der Waals surface area (Å²) in [7, 11) is 0. The molecular weight excluding hydrogens is 528 g/mol. The zero-order chi connectivity index (χ0) is 27.2. The minimum absolute atomic E-state index is 0.0411. The predicted octanol–water partition coefficient (Wildman–Crippen LogP) is 6.21. The largest absolute Gasteiger partial charge is 0.446 e. The molecule has 1 aromatic rings. The summed E-state index contributed by atoms with van der Waals surface area (Å²) >= 11 is -0.0965. The number of benzene rings is 1. The zero-order valence-corrected chi connectivity index (χ0v) is 22.1. The maximum Gasteiger partial charge on any atom is 0.446 e. The number of alkyl halides is 6. The summed E-state index contributed by atoms with van der Waals surface area (Å²) in [6.07, 6.45) is 1.67. The van der Waals surface area contributed by atoms with Gasteiger partial charge >= 0.3 is 11.7 Å². The third-order valence-corrected chi connectivity index (χ3v) is 8.08. The Morgan fingerprint density at radius 3 is 1.95 bits per heavy atom. The molecular formula is C26H35F6N5S. The van der Waals surface area contributed by atoms with Gasteiger partial charge in [-0.3, -0.25) is 9.89 Å². The van der Waals surface area contributed by atoms with Gasteiger partial charge in [0.1, 0.15) is 5.71 Å². The Morgan fingerprint density at radius 1 is 0.816 bits per heavy atom. The number of nitrogens with one attached hydrogen (secondary N) is 1. The minimum Gasteiger partial charge on any atom is -0.382 e. The molecule has 0 unspecified atom stereocenters. The van der Waals surface area contributed by atoms with Gasteiger partial charge in [0, 0.05) is 74.2 Å². The van der Waals surface area contributed by atoms with E-state index in [0.717, 1.165) is 89.4 Å². The summed E-state index contributed by atoms with van der Waals surface area (Å²) in [5.41, 5.74) is -3.19. The molecule has 0 radical (unpaired) electrons. The highest BCUT2D eigenvalue weighted by Gasteiger charge is 2.36. The van der Waals surface area contributed by atoms with Crippen LogP contribution in [0.4, 0.5) is 32.0 Å². The van der Waals surface area contributed by atoms with E-state index < -0.39 is 17.4 Å². The monoisotopic (exact) mass is 563 g/mol. The molecule has 0 spiro atoms. The van der Waals surface area contributed by atoms with Crippen molar-refractivity contribution in [2.24, 2.45) is 4.99 Å². The van der Waals surface area contributed by atoms with Crippen LogP contribution in [-0.4, -0.2) is 90.5 Å². The molecule has 3 aliphatic heterocycles. The first-order valence-corrected chi connectivity index (χ1v) is 14.0. The van der Waals surface area contributed by atoms with Crippen molar-refractivity contribution in [1.29, 1.82) is 0 Å². The van der Waals surface area contributed by atoms with Gasteiger partial charge in [0.2, 0.25) is 0 Å². The van der Waals surface area contributed by atoms with Crippen molar-refractivity contribution in [2.45, 2.75) is 61.1 Å². The molecule has 12 heteroatoms. The molecule has 1 aromatic carbocycles. The van der Waals surface area contributed by atoms with Crippen LogP contribution in [0.3, 0.4) is 0 Å². The summed E-state index contributed by atoms with van der Waals surface area (Å²) in [6.45, 7) is 7.59. The number of halogens is 6. The number of nitrogens with zero attached hydrogens (tertiary/aromatic N) is 4. The molecule has 5 nitrogen and oxygen atoms in total. The lowest BCUT2D eigenvalue weighted by atomic mass is 10.0. The van der Waals surface area contributed by atoms with Crippen molar-refractivity contribution in [3.05, 3.63) is 36.2 Å². The summed E-state index contributed by atoms with van der Waals surface area (Å²) in [6, 6.07) is 6.76. The number of aliphatic imine (C=N–C) groups is 1. The van der Waals surface area contributed by atoms with Crippen molar-refractivity contribution >= 4 is 23.2 Å². The lowest BCUT2D eigenvalue weighted by molar-refractivity contribution is -0.0607. The van der Waals surface area contributed by atoms with E-state index in [1.165, 1.54) is 18.3 Å². The number of piperazine rings is 1. The van der Waals surface area contributed by atoms with Crippen LogP contribution in [0.1, 0.15) is 38.5 Å². The first-order valence-electron chi connectivity index (χ1n) is 13.2. The van der Waals surface area contributed by atoms with Crippen LogP contribution in [-0.2, 0) is 0 Å². The molecule has 3 heterocycles. The Kier molecular flexibility index (Phi) is 9.91. The molecule has 0 bridgehead atoms. The fraction of sp³-hybridized carbons (Fsp3) is 0.654. The number of unbranched alkanes of at least 4 members (excludes halogenated alkanes) is 1. The first kappa shape index (κ1) is 29.1. The summed E-state index contributed by atoms with van der Waals surface area (Å²) in [5.74, 6) is 0. The average molecular weight is 564 g/mol. The Labute approximate surface area is 224 Å². The van der Waals surface area contributed by atoms with Crippen molar-refractivity contribution in [1.82, 2.24) is 14.7 Å². The topological polar surface area (TPSA) is 34.1 Å². The lowest BCUT2D eigenvalue weighted by Crippen LogP contribution is -2.46. The number of anilines is 1. The highest BCUT2D eigenvalue weighted by Crippen LogP contribution is 2.37. The van der Waals surface area contributed by atoms with Crippen LogP contribution in [0.15, 0.2) is 46.1 Å². The van der Waals surface area contributed by atoms with E-state index in [4.69, 9.17) is 0 Å². The molecule has 0 amide bonds. The Bertz CT molecular complexity index is 946. The number of piperidine rings is 1. The number of thioether (sulfide) groups is 1. The second kappa shape index (κ2) is 13.0. The normalized spacial score (nSPS) is 20.8. The van der Waals surface area contributed by atoms with Crippen LogP contribution in [0.5, 0.6) is 0 Å². The molecule has 0 atom stereocenters. The molecule has 212 valence electrons. The molecule has 3 aliphatic rings. The average Bonchev–Trinajstić information content (AvgIpc) is 2.88. The van der Waals surface area contributed by atoms with Crippen LogP contribution < -0.4 is 5.32 Å². The number of hydrogen-bond acceptors (Lipinski definition) is 6. The number of hydrogen-bond donors (Lipinski definition) is 1. The number of allylic oxidation sites excluding steroid dienone is 1. The van der Waals surface area contributed by atoms with Gasteiger partial charge in [-0.05, 0) is 81.2 Å². The van der Waals surface area contributed by atoms with Gasteiger partial charge in [-0.2, -0.15) is 26.3 Å². The summed E-state index contributed by atoms with van der Waals surface area (Å²) < 4.78 is 75.7. The smallest absolute Gasteiger partial charge is 0.382 e. The Balaban J connectivity index is 1.07. The SMILES string of the molecule is FC(F)(F)Sc1ccc(NC2CCN(CCCCN3CCN(C4=CN=C(C(F)(F)F)CC4)CC3)CC2)cc1. The maximum atomic E-state index is 12.8. The first-order chi connectivity index (χ1) is 18.0. The fourth-order valence-corrected chi connectivity index (χ4v) is 5.74. The summed E-state index contributed by atoms with van der Waals surface area (Å²) in [5, 5.41) is 3.45. The van der Waals surface area contributed by atoms with Crippen molar-refractivity contribution in [3.8, 4) is 0 Å². The van der Waals surface area contributed by atoms with Crippen LogP contribution in [0, 0.1) is 0 Å². The van der Waals surface area contributed by atoms with Gasteiger partial charge in [0.15, 0.2) is 0 Å². The van der Waals surface area contributed by atoms with Crippen LogP contribution in [0.2, 0.25) is 0 Å². The van der Waals surface area contributed by atoms with Gasteiger partial charge in [0.25, 0.3) is 0 Å². The van der Waals surface area contributed by atoms with Crippen molar-refractivity contribution < 1.29 is 26.3 Å². The highest BCUT2D eigenvalue weighted by atomic mass is 32.2. The maximum absolute atomic E-state index is 12.8. The second-order valence-electron chi connectivity index (χ2n) is 10.1. The van der Waals surface area contributed by atoms with Gasteiger partial charge in [-0.1, -0.05) is 0 Å². The Morgan fingerprint density at radius 2 is 1.42 bits per heavy atom. The molecule has 0 aromatic heterocycles. The fourth-order valence-electron chi connectivity index (χ4n) is 5.20. The molecule has 38 heavy (non-hydrogen) atoms. The van der Waals surface area contributed by atoms with Crippen LogP contribution >= 0.6 is 11.8 Å². The second-order valence-corrected chi connectivity index (χ2v) is 11.2. The third-order valence-electron chi connectivity index (χ3n) is 7.34. The zero-order valence-electron chi connectivity index (χ0n) is 21.3. The van der Waals surface area contributed by atoms with Crippen LogP contribution in [0.25, 0.3) is 0 Å². The van der Waals surface area contributed by atoms with Gasteiger partial charge < -0.3 is 15.1 Å².